The number of aryl methyl sites for hydroxylation is 3. The van der Waals surface area contributed by atoms with Gasteiger partial charge in [-0.2, -0.15) is 5.10 Å². The van der Waals surface area contributed by atoms with Crippen molar-refractivity contribution in [2.75, 3.05) is 13.1 Å². The minimum atomic E-state index is 0.0962. The van der Waals surface area contributed by atoms with Crippen LogP contribution in [0.15, 0.2) is 36.9 Å². The molecule has 0 bridgehead atoms. The fourth-order valence-corrected chi connectivity index (χ4v) is 3.97. The number of piperidine rings is 1. The maximum atomic E-state index is 12.8. The Kier molecular flexibility index (Phi) is 4.98. The van der Waals surface area contributed by atoms with E-state index in [1.165, 1.54) is 0 Å². The van der Waals surface area contributed by atoms with Gasteiger partial charge in [-0.1, -0.05) is 0 Å². The lowest BCUT2D eigenvalue weighted by atomic mass is 9.96. The second-order valence-corrected chi connectivity index (χ2v) is 7.61. The third kappa shape index (κ3) is 3.56. The monoisotopic (exact) mass is 378 g/mol. The first-order chi connectivity index (χ1) is 13.5. The zero-order valence-electron chi connectivity index (χ0n) is 16.7. The van der Waals surface area contributed by atoms with Gasteiger partial charge in [0.15, 0.2) is 0 Å². The Bertz CT molecular complexity index is 966. The van der Waals surface area contributed by atoms with Crippen LogP contribution in [0.1, 0.15) is 34.6 Å². The van der Waals surface area contributed by atoms with Gasteiger partial charge in [0.05, 0.1) is 11.3 Å². The largest absolute Gasteiger partial charge is 0.339 e. The van der Waals surface area contributed by atoms with Crippen molar-refractivity contribution in [3.05, 3.63) is 53.9 Å². The zero-order valence-corrected chi connectivity index (χ0v) is 16.7. The molecule has 0 N–H and O–H groups in total. The number of carbonyl (C=O) groups is 1. The summed E-state index contributed by atoms with van der Waals surface area (Å²) in [4.78, 5) is 23.6. The van der Waals surface area contributed by atoms with Crippen molar-refractivity contribution >= 4 is 5.91 Å². The number of aromatic nitrogens is 5. The fraction of sp³-hybridized carbons (Fsp3) is 0.429. The molecule has 0 atom stereocenters. The van der Waals surface area contributed by atoms with Crippen LogP contribution in [0.25, 0.3) is 11.4 Å². The predicted molar refractivity (Wildman–Crippen MR) is 107 cm³/mol. The molecule has 1 aliphatic rings. The first kappa shape index (κ1) is 18.4. The molecule has 0 aliphatic carbocycles. The molecule has 7 nitrogen and oxygen atoms in total. The zero-order chi connectivity index (χ0) is 19.7. The highest BCUT2D eigenvalue weighted by molar-refractivity contribution is 5.95. The van der Waals surface area contributed by atoms with E-state index in [0.717, 1.165) is 55.3 Å². The van der Waals surface area contributed by atoms with E-state index >= 15 is 0 Å². The molecule has 1 fully saturated rings. The minimum Gasteiger partial charge on any atom is -0.339 e. The minimum absolute atomic E-state index is 0.0962. The van der Waals surface area contributed by atoms with Gasteiger partial charge in [-0.05, 0) is 44.7 Å². The molecular weight excluding hydrogens is 352 g/mol. The molecule has 0 saturated carbocycles. The van der Waals surface area contributed by atoms with Gasteiger partial charge in [0.25, 0.3) is 5.91 Å². The molecule has 4 rings (SSSR count). The van der Waals surface area contributed by atoms with Gasteiger partial charge in [-0.25, -0.2) is 4.98 Å². The average molecular weight is 378 g/mol. The highest BCUT2D eigenvalue weighted by atomic mass is 16.2. The lowest BCUT2D eigenvalue weighted by Crippen LogP contribution is -2.39. The summed E-state index contributed by atoms with van der Waals surface area (Å²) >= 11 is 0. The van der Waals surface area contributed by atoms with Crippen LogP contribution in [-0.2, 0) is 13.6 Å². The number of hydrogen-bond acceptors (Lipinski definition) is 4. The summed E-state index contributed by atoms with van der Waals surface area (Å²) in [7, 11) is 1.85. The van der Waals surface area contributed by atoms with Crippen LogP contribution in [-0.4, -0.2) is 48.2 Å². The Labute approximate surface area is 165 Å². The van der Waals surface area contributed by atoms with E-state index in [2.05, 4.69) is 26.6 Å². The molecule has 146 valence electrons. The SMILES string of the molecule is Cc1nn(C)cc1C(=O)N1CCC(Cn2c(C)cnc2-c2cccnc2)CC1. The summed E-state index contributed by atoms with van der Waals surface area (Å²) in [5.41, 5.74) is 3.70. The molecule has 1 aliphatic heterocycles. The Morgan fingerprint density at radius 3 is 2.64 bits per heavy atom. The molecule has 1 amide bonds. The smallest absolute Gasteiger partial charge is 0.257 e. The summed E-state index contributed by atoms with van der Waals surface area (Å²) in [5, 5.41) is 4.29. The Morgan fingerprint density at radius 1 is 1.21 bits per heavy atom. The second kappa shape index (κ2) is 7.58. The molecular formula is C21H26N6O. The Hall–Kier alpha value is -2.96. The quantitative estimate of drug-likeness (QED) is 0.700. The third-order valence-corrected chi connectivity index (χ3v) is 5.56. The van der Waals surface area contributed by atoms with Gasteiger partial charge < -0.3 is 9.47 Å². The topological polar surface area (TPSA) is 68.8 Å². The van der Waals surface area contributed by atoms with E-state index in [-0.39, 0.29) is 5.91 Å². The Balaban J connectivity index is 1.42. The van der Waals surface area contributed by atoms with Crippen LogP contribution in [0.4, 0.5) is 0 Å². The molecule has 0 radical (unpaired) electrons. The molecule has 4 heterocycles. The molecule has 0 unspecified atom stereocenters. The fourth-order valence-electron chi connectivity index (χ4n) is 3.97. The molecule has 1 saturated heterocycles. The van der Waals surface area contributed by atoms with Crippen LogP contribution >= 0.6 is 0 Å². The number of carbonyl (C=O) groups excluding carboxylic acids is 1. The van der Waals surface area contributed by atoms with Gasteiger partial charge in [0.1, 0.15) is 5.82 Å². The summed E-state index contributed by atoms with van der Waals surface area (Å²) < 4.78 is 3.99. The summed E-state index contributed by atoms with van der Waals surface area (Å²) in [6.45, 7) is 6.48. The molecule has 3 aromatic heterocycles. The lowest BCUT2D eigenvalue weighted by molar-refractivity contribution is 0.0682. The van der Waals surface area contributed by atoms with Crippen LogP contribution < -0.4 is 0 Å². The standard InChI is InChI=1S/C21H26N6O/c1-15-11-23-20(18-5-4-8-22-12-18)27(15)13-17-6-9-26(10-7-17)21(28)19-14-25(3)24-16(19)2/h4-5,8,11-12,14,17H,6-7,9-10,13H2,1-3H3. The van der Waals surface area contributed by atoms with E-state index in [1.807, 2.05) is 49.6 Å². The molecule has 3 aromatic rings. The highest BCUT2D eigenvalue weighted by Crippen LogP contribution is 2.25. The van der Waals surface area contributed by atoms with E-state index in [1.54, 1.807) is 10.9 Å². The summed E-state index contributed by atoms with van der Waals surface area (Å²) in [6.07, 6.45) is 9.37. The van der Waals surface area contributed by atoms with Crippen molar-refractivity contribution in [1.82, 2.24) is 29.2 Å². The van der Waals surface area contributed by atoms with Crippen LogP contribution in [0, 0.1) is 19.8 Å². The number of imidazole rings is 1. The van der Waals surface area contributed by atoms with Crippen molar-refractivity contribution in [3.63, 3.8) is 0 Å². The van der Waals surface area contributed by atoms with Crippen LogP contribution in [0.2, 0.25) is 0 Å². The number of pyridine rings is 1. The first-order valence-corrected chi connectivity index (χ1v) is 9.75. The van der Waals surface area contributed by atoms with Crippen molar-refractivity contribution in [2.24, 2.45) is 13.0 Å². The van der Waals surface area contributed by atoms with Gasteiger partial charge in [-0.15, -0.1) is 0 Å². The van der Waals surface area contributed by atoms with E-state index in [4.69, 9.17) is 0 Å². The van der Waals surface area contributed by atoms with E-state index in [9.17, 15) is 4.79 Å². The number of likely N-dealkylation sites (tertiary alicyclic amines) is 1. The van der Waals surface area contributed by atoms with E-state index < -0.39 is 0 Å². The van der Waals surface area contributed by atoms with Gasteiger partial charge >= 0.3 is 0 Å². The highest BCUT2D eigenvalue weighted by Gasteiger charge is 2.26. The summed E-state index contributed by atoms with van der Waals surface area (Å²) in [6, 6.07) is 3.98. The van der Waals surface area contributed by atoms with Crippen molar-refractivity contribution in [3.8, 4) is 11.4 Å². The normalized spacial score (nSPS) is 15.2. The second-order valence-electron chi connectivity index (χ2n) is 7.61. The number of rotatable bonds is 4. The molecule has 7 heteroatoms. The molecule has 28 heavy (non-hydrogen) atoms. The van der Waals surface area contributed by atoms with Crippen molar-refractivity contribution < 1.29 is 4.79 Å². The molecule has 0 aromatic carbocycles. The van der Waals surface area contributed by atoms with Crippen molar-refractivity contribution in [2.45, 2.75) is 33.2 Å². The van der Waals surface area contributed by atoms with Gasteiger partial charge in [0, 0.05) is 62.7 Å². The predicted octanol–water partition coefficient (Wildman–Crippen LogP) is 2.85. The number of amides is 1. The Morgan fingerprint density at radius 2 is 2.00 bits per heavy atom. The summed E-state index contributed by atoms with van der Waals surface area (Å²) in [5.74, 6) is 1.59. The molecule has 0 spiro atoms. The average Bonchev–Trinajstić information content (AvgIpc) is 3.24. The van der Waals surface area contributed by atoms with Crippen LogP contribution in [0.3, 0.4) is 0 Å². The number of nitrogens with zero attached hydrogens (tertiary/aromatic N) is 6. The number of hydrogen-bond donors (Lipinski definition) is 0. The van der Waals surface area contributed by atoms with Gasteiger partial charge in [0.2, 0.25) is 0 Å². The van der Waals surface area contributed by atoms with Gasteiger partial charge in [-0.3, -0.25) is 14.5 Å². The first-order valence-electron chi connectivity index (χ1n) is 9.75. The van der Waals surface area contributed by atoms with E-state index in [0.29, 0.717) is 11.5 Å². The maximum Gasteiger partial charge on any atom is 0.257 e. The van der Waals surface area contributed by atoms with Crippen molar-refractivity contribution in [1.29, 1.82) is 0 Å². The maximum absolute atomic E-state index is 12.8. The van der Waals surface area contributed by atoms with Crippen LogP contribution in [0.5, 0.6) is 0 Å². The lowest BCUT2D eigenvalue weighted by Gasteiger charge is -2.32. The third-order valence-electron chi connectivity index (χ3n) is 5.56.